The Bertz CT molecular complexity index is 1040. The molecule has 7 heteroatoms. The Hall–Kier alpha value is -2.15. The van der Waals surface area contributed by atoms with E-state index < -0.39 is 0 Å². The van der Waals surface area contributed by atoms with E-state index in [1.165, 1.54) is 44.2 Å². The van der Waals surface area contributed by atoms with Crippen molar-refractivity contribution in [2.45, 2.75) is 96.6 Å². The summed E-state index contributed by atoms with van der Waals surface area (Å²) >= 11 is 0. The van der Waals surface area contributed by atoms with Crippen LogP contribution in [0.2, 0.25) is 0 Å². The van der Waals surface area contributed by atoms with Crippen LogP contribution in [0.15, 0.2) is 24.3 Å². The molecule has 0 bridgehead atoms. The van der Waals surface area contributed by atoms with Crippen molar-refractivity contribution in [2.75, 3.05) is 39.3 Å². The first-order valence-corrected chi connectivity index (χ1v) is 15.1. The van der Waals surface area contributed by atoms with Crippen LogP contribution >= 0.6 is 0 Å². The second-order valence-corrected chi connectivity index (χ2v) is 14.3. The molecule has 39 heavy (non-hydrogen) atoms. The van der Waals surface area contributed by atoms with Crippen LogP contribution in [-0.2, 0) is 9.53 Å². The van der Waals surface area contributed by atoms with E-state index in [1.54, 1.807) is 0 Å². The van der Waals surface area contributed by atoms with Gasteiger partial charge in [0, 0.05) is 44.2 Å². The fourth-order valence-electron chi connectivity index (χ4n) is 7.70. The van der Waals surface area contributed by atoms with Crippen LogP contribution < -0.4 is 0 Å². The maximum absolute atomic E-state index is 14.2. The fourth-order valence-corrected chi connectivity index (χ4v) is 7.70. The van der Waals surface area contributed by atoms with E-state index in [2.05, 4.69) is 44.4 Å². The van der Waals surface area contributed by atoms with Crippen molar-refractivity contribution in [3.8, 4) is 0 Å². The van der Waals surface area contributed by atoms with Gasteiger partial charge in [-0.3, -0.25) is 14.6 Å². The van der Waals surface area contributed by atoms with Crippen molar-refractivity contribution >= 4 is 12.0 Å². The summed E-state index contributed by atoms with van der Waals surface area (Å²) in [6.45, 7) is 15.0. The van der Waals surface area contributed by atoms with Gasteiger partial charge in [0.05, 0.1) is 11.5 Å². The van der Waals surface area contributed by atoms with Crippen molar-refractivity contribution in [1.29, 1.82) is 0 Å². The Labute approximate surface area is 234 Å². The van der Waals surface area contributed by atoms with E-state index in [4.69, 9.17) is 4.74 Å². The maximum atomic E-state index is 14.2. The van der Waals surface area contributed by atoms with Crippen LogP contribution in [0.5, 0.6) is 0 Å². The highest BCUT2D eigenvalue weighted by Gasteiger charge is 2.50. The Morgan fingerprint density at radius 1 is 1.03 bits per heavy atom. The smallest absolute Gasteiger partial charge is 0.410 e. The normalized spacial score (nSPS) is 28.1. The molecule has 2 atom stereocenters. The molecule has 2 amide bonds. The number of nitrogens with zero attached hydrogens (tertiary/aromatic N) is 3. The van der Waals surface area contributed by atoms with Gasteiger partial charge in [-0.2, -0.15) is 0 Å². The second-order valence-electron chi connectivity index (χ2n) is 14.3. The van der Waals surface area contributed by atoms with Gasteiger partial charge in [-0.15, -0.1) is 0 Å². The van der Waals surface area contributed by atoms with E-state index in [1.807, 2.05) is 17.0 Å². The molecule has 0 N–H and O–H groups in total. The third-order valence-corrected chi connectivity index (χ3v) is 10.4. The summed E-state index contributed by atoms with van der Waals surface area (Å²) in [5.74, 6) is 0.496. The van der Waals surface area contributed by atoms with Gasteiger partial charge in [0.25, 0.3) is 0 Å². The number of hydrogen-bond donors (Lipinski definition) is 0. The summed E-state index contributed by atoms with van der Waals surface area (Å²) in [5, 5.41) is 0. The van der Waals surface area contributed by atoms with Gasteiger partial charge in [-0.05, 0) is 89.3 Å². The summed E-state index contributed by atoms with van der Waals surface area (Å²) in [6.07, 6.45) is 7.91. The molecular formula is C32H48FN3O3. The quantitative estimate of drug-likeness (QED) is 0.455. The molecule has 3 aliphatic heterocycles. The number of carbonyl (C=O) groups is 2. The topological polar surface area (TPSA) is 53.1 Å². The number of ether oxygens (including phenoxy) is 1. The minimum Gasteiger partial charge on any atom is -0.447 e. The molecule has 0 spiro atoms. The summed E-state index contributed by atoms with van der Waals surface area (Å²) in [5.41, 5.74) is 0.739. The number of likely N-dealkylation sites (tertiary alicyclic amines) is 2. The van der Waals surface area contributed by atoms with Crippen molar-refractivity contribution < 1.29 is 18.7 Å². The molecule has 4 fully saturated rings. The number of cyclic esters (lactones) is 1. The molecule has 0 radical (unpaired) electrons. The van der Waals surface area contributed by atoms with Crippen molar-refractivity contribution in [3.63, 3.8) is 0 Å². The van der Waals surface area contributed by atoms with Crippen LogP contribution in [0.4, 0.5) is 9.18 Å². The van der Waals surface area contributed by atoms with Gasteiger partial charge < -0.3 is 9.64 Å². The Balaban J connectivity index is 1.34. The highest BCUT2D eigenvalue weighted by molar-refractivity contribution is 5.81. The number of halogens is 1. The van der Waals surface area contributed by atoms with E-state index in [0.717, 1.165) is 51.1 Å². The zero-order chi connectivity index (χ0) is 28.0. The first-order chi connectivity index (χ1) is 18.4. The van der Waals surface area contributed by atoms with Crippen molar-refractivity contribution in [2.24, 2.45) is 17.3 Å². The second kappa shape index (κ2) is 10.7. The Kier molecular flexibility index (Phi) is 7.77. The zero-order valence-corrected chi connectivity index (χ0v) is 24.7. The van der Waals surface area contributed by atoms with Crippen LogP contribution in [0.1, 0.15) is 91.0 Å². The number of piperidine rings is 1. The maximum Gasteiger partial charge on any atom is 0.410 e. The standard InChI is InChI=1S/C32H48FN3O3/c1-30(2,3)35-19-26(23-11-13-25(33)14-12-23)27(20-35)28(37)34-17-15-32(16-18-34,24-9-7-6-8-10-24)21-36-29(38)39-22-31(36,4)5/h11-14,24,26-27H,6-10,15-22H2,1-5H3/t26-,27+/m1/s1. The molecule has 5 rings (SSSR count). The lowest BCUT2D eigenvalue weighted by Gasteiger charge is -2.51. The molecule has 4 aliphatic rings. The van der Waals surface area contributed by atoms with Crippen LogP contribution in [-0.4, -0.2) is 77.1 Å². The zero-order valence-electron chi connectivity index (χ0n) is 24.7. The molecule has 3 saturated heterocycles. The monoisotopic (exact) mass is 541 g/mol. The number of hydrogen-bond acceptors (Lipinski definition) is 4. The lowest BCUT2D eigenvalue weighted by atomic mass is 9.63. The highest BCUT2D eigenvalue weighted by Crippen LogP contribution is 2.48. The summed E-state index contributed by atoms with van der Waals surface area (Å²) in [4.78, 5) is 33.4. The Morgan fingerprint density at radius 3 is 2.23 bits per heavy atom. The van der Waals surface area contributed by atoms with Crippen molar-refractivity contribution in [1.82, 2.24) is 14.7 Å². The average Bonchev–Trinajstić information content (AvgIpc) is 3.47. The number of rotatable bonds is 5. The minimum atomic E-state index is -0.297. The SMILES string of the molecule is CC(C)(C)N1C[C@H](C(=O)N2CCC(CN3C(=O)OCC3(C)C)(C3CCCCC3)CC2)[C@@H](c2ccc(F)cc2)C1. The lowest BCUT2D eigenvalue weighted by Crippen LogP contribution is -2.55. The third-order valence-electron chi connectivity index (χ3n) is 10.4. The summed E-state index contributed by atoms with van der Waals surface area (Å²) in [7, 11) is 0. The first-order valence-electron chi connectivity index (χ1n) is 15.1. The van der Waals surface area contributed by atoms with Crippen molar-refractivity contribution in [3.05, 3.63) is 35.6 Å². The van der Waals surface area contributed by atoms with Gasteiger partial charge in [0.1, 0.15) is 12.4 Å². The largest absolute Gasteiger partial charge is 0.447 e. The van der Waals surface area contributed by atoms with Gasteiger partial charge in [-0.1, -0.05) is 31.4 Å². The number of carbonyl (C=O) groups excluding carboxylic acids is 2. The molecule has 3 heterocycles. The van der Waals surface area contributed by atoms with Crippen LogP contribution in [0.25, 0.3) is 0 Å². The van der Waals surface area contributed by atoms with Crippen LogP contribution in [0.3, 0.4) is 0 Å². The van der Waals surface area contributed by atoms with Gasteiger partial charge in [-0.25, -0.2) is 9.18 Å². The summed E-state index contributed by atoms with van der Waals surface area (Å²) in [6, 6.07) is 6.74. The predicted molar refractivity (Wildman–Crippen MR) is 151 cm³/mol. The van der Waals surface area contributed by atoms with E-state index in [9.17, 15) is 14.0 Å². The Morgan fingerprint density at radius 2 is 1.67 bits per heavy atom. The van der Waals surface area contributed by atoms with Crippen LogP contribution in [0, 0.1) is 23.1 Å². The fraction of sp³-hybridized carbons (Fsp3) is 0.750. The van der Waals surface area contributed by atoms with E-state index >= 15 is 0 Å². The number of benzene rings is 1. The van der Waals surface area contributed by atoms with E-state index in [0.29, 0.717) is 12.5 Å². The molecule has 0 unspecified atom stereocenters. The average molecular weight is 542 g/mol. The third kappa shape index (κ3) is 5.71. The van der Waals surface area contributed by atoms with Gasteiger partial charge >= 0.3 is 6.09 Å². The predicted octanol–water partition coefficient (Wildman–Crippen LogP) is 6.06. The number of amides is 2. The molecular weight excluding hydrogens is 493 g/mol. The van der Waals surface area contributed by atoms with Gasteiger partial charge in [0.15, 0.2) is 0 Å². The molecule has 1 aromatic carbocycles. The molecule has 216 valence electrons. The molecule has 1 saturated carbocycles. The highest BCUT2D eigenvalue weighted by atomic mass is 19.1. The van der Waals surface area contributed by atoms with E-state index in [-0.39, 0.29) is 46.1 Å². The molecule has 0 aromatic heterocycles. The minimum absolute atomic E-state index is 0.0291. The summed E-state index contributed by atoms with van der Waals surface area (Å²) < 4.78 is 19.2. The molecule has 1 aromatic rings. The molecule has 1 aliphatic carbocycles. The lowest BCUT2D eigenvalue weighted by molar-refractivity contribution is -0.139. The van der Waals surface area contributed by atoms with Gasteiger partial charge in [0.2, 0.25) is 5.91 Å². The molecule has 6 nitrogen and oxygen atoms in total. The first kappa shape index (κ1) is 28.4.